The molecule has 0 aliphatic rings. The first kappa shape index (κ1) is 25.9. The summed E-state index contributed by atoms with van der Waals surface area (Å²) in [5.74, 6) is 0.711. The lowest BCUT2D eigenvalue weighted by Gasteiger charge is -2.38. The molecule has 0 aromatic carbocycles. The van der Waals surface area contributed by atoms with Crippen LogP contribution in [0.2, 0.25) is 0 Å². The van der Waals surface area contributed by atoms with Gasteiger partial charge >= 0.3 is 0 Å². The van der Waals surface area contributed by atoms with Crippen LogP contribution in [0.5, 0.6) is 0 Å². The molecule has 3 nitrogen and oxygen atoms in total. The Hall–Kier alpha value is 0.640. The summed E-state index contributed by atoms with van der Waals surface area (Å²) in [5.41, 5.74) is 0. The van der Waals surface area contributed by atoms with Gasteiger partial charge in [-0.25, -0.2) is 0 Å². The van der Waals surface area contributed by atoms with E-state index in [0.29, 0.717) is 5.75 Å². The highest BCUT2D eigenvalue weighted by molar-refractivity contribution is 8.22. The van der Waals surface area contributed by atoms with Crippen molar-refractivity contribution < 1.29 is 26.6 Å². The molecule has 6 heteroatoms. The van der Waals surface area contributed by atoms with Gasteiger partial charge in [-0.05, 0) is 40.5 Å². The number of rotatable bonds is 12. The van der Waals surface area contributed by atoms with Crippen molar-refractivity contribution >= 4 is 28.3 Å². The number of aliphatic hydroxyl groups excluding tert-OH is 1. The summed E-state index contributed by atoms with van der Waals surface area (Å²) in [6.45, 7) is 17.1. The highest BCUT2D eigenvalue weighted by Crippen LogP contribution is 2.16. The van der Waals surface area contributed by atoms with Crippen LogP contribution in [-0.2, 0) is 0 Å². The van der Waals surface area contributed by atoms with Crippen molar-refractivity contribution in [2.45, 2.75) is 60.0 Å². The van der Waals surface area contributed by atoms with Crippen LogP contribution in [0.1, 0.15) is 53.9 Å². The number of quaternary nitrogens is 1. The maximum atomic E-state index is 10.5. The van der Waals surface area contributed by atoms with Crippen LogP contribution in [0.4, 0.5) is 0 Å². The number of halogens is 1. The highest BCUT2D eigenvalue weighted by Gasteiger charge is 2.26. The Kier molecular flexibility index (Phi) is 16.8. The van der Waals surface area contributed by atoms with Crippen molar-refractivity contribution in [3.63, 3.8) is 0 Å². The average molecular weight is 430 g/mol. The van der Waals surface area contributed by atoms with E-state index in [0.717, 1.165) is 41.5 Å². The minimum atomic E-state index is -0.278. The molecular formula is C17H37BrN2OS2. The molecule has 1 N–H and O–H groups in total. The van der Waals surface area contributed by atoms with Gasteiger partial charge in [-0.15, -0.1) is 0 Å². The summed E-state index contributed by atoms with van der Waals surface area (Å²) < 4.78 is 1.95. The van der Waals surface area contributed by atoms with E-state index in [1.54, 1.807) is 11.8 Å². The van der Waals surface area contributed by atoms with E-state index in [-0.39, 0.29) is 23.1 Å². The average Bonchev–Trinajstić information content (AvgIpc) is 2.53. The molecule has 23 heavy (non-hydrogen) atoms. The maximum Gasteiger partial charge on any atom is 0.136 e. The molecule has 0 aliphatic heterocycles. The molecule has 0 radical (unpaired) electrons. The second-order valence-electron chi connectivity index (χ2n) is 5.99. The van der Waals surface area contributed by atoms with Crippen LogP contribution in [0, 0.1) is 0 Å². The maximum absolute atomic E-state index is 10.5. The fourth-order valence-corrected chi connectivity index (χ4v) is 4.17. The number of hydrogen-bond donors (Lipinski definition) is 1. The number of likely N-dealkylation sites (N-methyl/N-ethyl adjacent to an activating group) is 1. The van der Waals surface area contributed by atoms with E-state index < -0.39 is 0 Å². The molecule has 1 unspecified atom stereocenters. The van der Waals surface area contributed by atoms with Crippen LogP contribution in [-0.4, -0.2) is 69.9 Å². The van der Waals surface area contributed by atoms with E-state index in [9.17, 15) is 5.11 Å². The van der Waals surface area contributed by atoms with Crippen molar-refractivity contribution in [2.75, 3.05) is 45.0 Å². The number of thiocarbonyl (C=S) groups is 1. The molecule has 140 valence electrons. The topological polar surface area (TPSA) is 23.5 Å². The molecule has 1 atom stereocenters. The van der Waals surface area contributed by atoms with Gasteiger partial charge < -0.3 is 31.5 Å². The van der Waals surface area contributed by atoms with Gasteiger partial charge in [0.25, 0.3) is 0 Å². The van der Waals surface area contributed by atoms with Crippen molar-refractivity contribution in [1.29, 1.82) is 0 Å². The summed E-state index contributed by atoms with van der Waals surface area (Å²) in [6.07, 6.45) is 3.52. The zero-order chi connectivity index (χ0) is 17.0. The molecule has 0 aromatic heterocycles. The molecule has 0 aliphatic carbocycles. The van der Waals surface area contributed by atoms with Crippen LogP contribution in [0.25, 0.3) is 0 Å². The molecule has 0 spiro atoms. The minimum Gasteiger partial charge on any atom is -1.00 e. The number of hydrogen-bond acceptors (Lipinski definition) is 3. The number of nitrogens with zero attached hydrogens (tertiary/aromatic N) is 2. The van der Waals surface area contributed by atoms with E-state index in [2.05, 4.69) is 39.5 Å². The molecule has 0 bridgehead atoms. The molecule has 0 aromatic rings. The number of unbranched alkanes of at least 4 members (excludes halogenated alkanes) is 2. The Morgan fingerprint density at radius 2 is 1.65 bits per heavy atom. The van der Waals surface area contributed by atoms with Gasteiger partial charge in [-0.1, -0.05) is 37.3 Å². The first-order valence-corrected chi connectivity index (χ1v) is 10.3. The van der Waals surface area contributed by atoms with Gasteiger partial charge in [0.15, 0.2) is 0 Å². The molecular weight excluding hydrogens is 392 g/mol. The Morgan fingerprint density at radius 3 is 2.09 bits per heavy atom. The summed E-state index contributed by atoms with van der Waals surface area (Å²) >= 11 is 7.08. The number of thioether (sulfide) groups is 1. The second kappa shape index (κ2) is 14.9. The third kappa shape index (κ3) is 10.3. The van der Waals surface area contributed by atoms with E-state index in [1.165, 1.54) is 25.8 Å². The molecule has 0 saturated heterocycles. The van der Waals surface area contributed by atoms with Crippen molar-refractivity contribution in [2.24, 2.45) is 0 Å². The monoisotopic (exact) mass is 428 g/mol. The molecule has 0 saturated carbocycles. The summed E-state index contributed by atoms with van der Waals surface area (Å²) in [6, 6.07) is 0. The normalized spacial score (nSPS) is 12.6. The third-order valence-corrected chi connectivity index (χ3v) is 6.26. The Morgan fingerprint density at radius 1 is 1.09 bits per heavy atom. The molecule has 0 amide bonds. The van der Waals surface area contributed by atoms with Crippen molar-refractivity contribution in [3.05, 3.63) is 0 Å². The molecule has 0 fully saturated rings. The summed E-state index contributed by atoms with van der Waals surface area (Å²) in [5, 5.41) is 10.5. The van der Waals surface area contributed by atoms with E-state index in [1.807, 2.05) is 0 Å². The van der Waals surface area contributed by atoms with Crippen LogP contribution < -0.4 is 17.0 Å². The quantitative estimate of drug-likeness (QED) is 0.281. The molecule has 0 heterocycles. The zero-order valence-electron chi connectivity index (χ0n) is 15.7. The molecule has 0 rings (SSSR count). The zero-order valence-corrected chi connectivity index (χ0v) is 18.9. The Labute approximate surface area is 164 Å². The van der Waals surface area contributed by atoms with Gasteiger partial charge in [0.1, 0.15) is 17.0 Å². The van der Waals surface area contributed by atoms with Crippen LogP contribution in [0.3, 0.4) is 0 Å². The summed E-state index contributed by atoms with van der Waals surface area (Å²) in [7, 11) is 0. The van der Waals surface area contributed by atoms with Crippen molar-refractivity contribution in [1.82, 2.24) is 4.90 Å². The lowest BCUT2D eigenvalue weighted by Crippen LogP contribution is -3.00. The number of aliphatic hydroxyl groups is 1. The predicted molar refractivity (Wildman–Crippen MR) is 105 cm³/mol. The first-order chi connectivity index (χ1) is 10.5. The Bertz CT molecular complexity index is 298. The SMILES string of the molecule is CCCCC[N+](CC)(CC)CC(O)CSC(=S)N(CC)CC.[Br-]. The van der Waals surface area contributed by atoms with Gasteiger partial charge in [0.05, 0.1) is 19.6 Å². The fraction of sp³-hybridized carbons (Fsp3) is 0.941. The van der Waals surface area contributed by atoms with Gasteiger partial charge in [0, 0.05) is 18.8 Å². The summed E-state index contributed by atoms with van der Waals surface area (Å²) in [4.78, 5) is 2.18. The van der Waals surface area contributed by atoms with E-state index >= 15 is 0 Å². The van der Waals surface area contributed by atoms with Crippen LogP contribution >= 0.6 is 24.0 Å². The van der Waals surface area contributed by atoms with Crippen LogP contribution in [0.15, 0.2) is 0 Å². The second-order valence-corrected chi connectivity index (χ2v) is 7.64. The van der Waals surface area contributed by atoms with E-state index in [4.69, 9.17) is 12.2 Å². The standard InChI is InChI=1S/C17H37N2OS2.BrH/c1-6-11-12-13-19(9-4,10-5)14-16(20)15-22-17(21)18(7-2)8-3;/h16,20H,6-15H2,1-5H3;1H/q+1;/p-1. The van der Waals surface area contributed by atoms with Gasteiger partial charge in [0.2, 0.25) is 0 Å². The fourth-order valence-electron chi connectivity index (χ4n) is 2.83. The van der Waals surface area contributed by atoms with Gasteiger partial charge in [-0.3, -0.25) is 0 Å². The predicted octanol–water partition coefficient (Wildman–Crippen LogP) is 0.758. The largest absolute Gasteiger partial charge is 1.00 e. The smallest absolute Gasteiger partial charge is 0.136 e. The van der Waals surface area contributed by atoms with Crippen molar-refractivity contribution in [3.8, 4) is 0 Å². The Balaban J connectivity index is 0. The van der Waals surface area contributed by atoms with Gasteiger partial charge in [-0.2, -0.15) is 0 Å². The lowest BCUT2D eigenvalue weighted by atomic mass is 10.2. The lowest BCUT2D eigenvalue weighted by molar-refractivity contribution is -0.927. The third-order valence-electron chi connectivity index (χ3n) is 4.60. The first-order valence-electron chi connectivity index (χ1n) is 8.93. The minimum absolute atomic E-state index is 0. The highest BCUT2D eigenvalue weighted by atomic mass is 79.9.